The van der Waals surface area contributed by atoms with Crippen LogP contribution in [-0.4, -0.2) is 56.4 Å². The number of hydrogen-bond acceptors (Lipinski definition) is 4. The number of hydrogen-bond donors (Lipinski definition) is 2. The molecule has 0 aliphatic carbocycles. The average molecular weight is 363 g/mol. The van der Waals surface area contributed by atoms with Crippen molar-refractivity contribution in [3.05, 3.63) is 18.0 Å². The Kier molecular flexibility index (Phi) is 5.10. The van der Waals surface area contributed by atoms with Crippen LogP contribution in [0, 0.1) is 5.41 Å². The first-order valence-corrected chi connectivity index (χ1v) is 8.91. The molecule has 1 spiro atoms. The fourth-order valence-electron chi connectivity index (χ4n) is 3.42. The Morgan fingerprint density at radius 2 is 2.13 bits per heavy atom. The highest BCUT2D eigenvalue weighted by Crippen LogP contribution is 2.38. The number of amides is 1. The Morgan fingerprint density at radius 3 is 2.74 bits per heavy atom. The Balaban J connectivity index is 0.00000192. The first kappa shape index (κ1) is 18.3. The lowest BCUT2D eigenvalue weighted by atomic mass is 9.87. The number of sulfonamides is 1. The Hall–Kier alpha value is -1.09. The summed E-state index contributed by atoms with van der Waals surface area (Å²) in [5, 5.41) is 5.84. The molecule has 2 saturated heterocycles. The van der Waals surface area contributed by atoms with Gasteiger partial charge >= 0.3 is 0 Å². The van der Waals surface area contributed by atoms with Crippen LogP contribution in [0.4, 0.5) is 0 Å². The van der Waals surface area contributed by atoms with E-state index >= 15 is 0 Å². The van der Waals surface area contributed by atoms with Gasteiger partial charge in [-0.2, -0.15) is 4.31 Å². The van der Waals surface area contributed by atoms with Gasteiger partial charge in [0.25, 0.3) is 5.91 Å². The summed E-state index contributed by atoms with van der Waals surface area (Å²) < 4.78 is 28.7. The summed E-state index contributed by atoms with van der Waals surface area (Å²) in [4.78, 5) is 11.9. The van der Waals surface area contributed by atoms with E-state index in [1.54, 1.807) is 15.9 Å². The summed E-state index contributed by atoms with van der Waals surface area (Å²) in [6, 6.07) is 1.45. The molecule has 23 heavy (non-hydrogen) atoms. The molecule has 3 rings (SSSR count). The number of rotatable bonds is 3. The average Bonchev–Trinajstić information content (AvgIpc) is 3.20. The molecule has 2 aliphatic rings. The van der Waals surface area contributed by atoms with E-state index in [2.05, 4.69) is 10.6 Å². The van der Waals surface area contributed by atoms with Gasteiger partial charge in [0.1, 0.15) is 10.6 Å². The lowest BCUT2D eigenvalue weighted by Crippen LogP contribution is -2.33. The van der Waals surface area contributed by atoms with Crippen LogP contribution in [0.2, 0.25) is 0 Å². The van der Waals surface area contributed by atoms with Crippen LogP contribution >= 0.6 is 12.4 Å². The fourth-order valence-corrected chi connectivity index (χ4v) is 5.05. The van der Waals surface area contributed by atoms with Crippen molar-refractivity contribution < 1.29 is 13.2 Å². The summed E-state index contributed by atoms with van der Waals surface area (Å²) >= 11 is 0. The predicted octanol–water partition coefficient (Wildman–Crippen LogP) is 0.181. The van der Waals surface area contributed by atoms with Gasteiger partial charge in [-0.25, -0.2) is 8.42 Å². The van der Waals surface area contributed by atoms with Crippen molar-refractivity contribution in [1.82, 2.24) is 19.5 Å². The molecule has 1 unspecified atom stereocenters. The minimum Gasteiger partial charge on any atom is -0.354 e. The van der Waals surface area contributed by atoms with Gasteiger partial charge in [-0.1, -0.05) is 0 Å². The van der Waals surface area contributed by atoms with E-state index in [9.17, 15) is 13.2 Å². The Morgan fingerprint density at radius 1 is 1.39 bits per heavy atom. The second-order valence-corrected chi connectivity index (χ2v) is 8.20. The van der Waals surface area contributed by atoms with Crippen molar-refractivity contribution in [2.75, 3.05) is 33.2 Å². The zero-order valence-electron chi connectivity index (χ0n) is 13.3. The molecule has 1 aromatic heterocycles. The van der Waals surface area contributed by atoms with Gasteiger partial charge in [0.2, 0.25) is 10.0 Å². The molecule has 9 heteroatoms. The first-order chi connectivity index (χ1) is 10.4. The summed E-state index contributed by atoms with van der Waals surface area (Å²) in [7, 11) is -0.336. The van der Waals surface area contributed by atoms with Gasteiger partial charge in [-0.15, -0.1) is 12.4 Å². The van der Waals surface area contributed by atoms with Crippen molar-refractivity contribution in [2.24, 2.45) is 12.5 Å². The molecular formula is C14H23ClN4O3S. The van der Waals surface area contributed by atoms with Crippen LogP contribution in [0.15, 0.2) is 17.2 Å². The normalized spacial score (nSPS) is 24.8. The number of carbonyl (C=O) groups is 1. The Bertz CT molecular complexity index is 695. The monoisotopic (exact) mass is 362 g/mol. The second kappa shape index (κ2) is 6.43. The molecule has 1 aromatic rings. The summed E-state index contributed by atoms with van der Waals surface area (Å²) in [6.45, 7) is 2.96. The molecule has 0 radical (unpaired) electrons. The highest BCUT2D eigenvalue weighted by molar-refractivity contribution is 7.89. The third-order valence-electron chi connectivity index (χ3n) is 4.81. The minimum atomic E-state index is -3.54. The third kappa shape index (κ3) is 3.13. The second-order valence-electron chi connectivity index (χ2n) is 6.27. The quantitative estimate of drug-likeness (QED) is 0.803. The lowest BCUT2D eigenvalue weighted by Gasteiger charge is -2.22. The van der Waals surface area contributed by atoms with Crippen molar-refractivity contribution in [1.29, 1.82) is 0 Å². The van der Waals surface area contributed by atoms with Crippen molar-refractivity contribution in [3.8, 4) is 0 Å². The number of halogens is 1. The van der Waals surface area contributed by atoms with E-state index in [4.69, 9.17) is 0 Å². The number of carbonyl (C=O) groups excluding carboxylic acids is 1. The molecule has 2 N–H and O–H groups in total. The molecule has 0 aromatic carbocycles. The van der Waals surface area contributed by atoms with Crippen LogP contribution in [0.5, 0.6) is 0 Å². The molecule has 2 aliphatic heterocycles. The maximum absolute atomic E-state index is 12.8. The van der Waals surface area contributed by atoms with Crippen molar-refractivity contribution in [2.45, 2.75) is 17.7 Å². The van der Waals surface area contributed by atoms with Gasteiger partial charge in [0.15, 0.2) is 0 Å². The summed E-state index contributed by atoms with van der Waals surface area (Å²) in [6.07, 6.45) is 3.43. The largest absolute Gasteiger partial charge is 0.354 e. The minimum absolute atomic E-state index is 0. The first-order valence-electron chi connectivity index (χ1n) is 7.47. The molecule has 0 saturated carbocycles. The van der Waals surface area contributed by atoms with Gasteiger partial charge in [-0.05, 0) is 30.9 Å². The lowest BCUT2D eigenvalue weighted by molar-refractivity contribution is 0.0955. The number of nitrogens with one attached hydrogen (secondary N) is 2. The predicted molar refractivity (Wildman–Crippen MR) is 89.3 cm³/mol. The third-order valence-corrected chi connectivity index (χ3v) is 6.62. The number of aryl methyl sites for hydroxylation is 1. The molecule has 1 atom stereocenters. The van der Waals surface area contributed by atoms with Crippen LogP contribution in [0.1, 0.15) is 23.3 Å². The van der Waals surface area contributed by atoms with Crippen molar-refractivity contribution in [3.63, 3.8) is 0 Å². The van der Waals surface area contributed by atoms with E-state index in [1.807, 2.05) is 0 Å². The van der Waals surface area contributed by atoms with Crippen LogP contribution in [0.3, 0.4) is 0 Å². The molecular weight excluding hydrogens is 340 g/mol. The molecule has 7 nitrogen and oxygen atoms in total. The fraction of sp³-hybridized carbons (Fsp3) is 0.643. The smallest absolute Gasteiger partial charge is 0.267 e. The molecule has 130 valence electrons. The summed E-state index contributed by atoms with van der Waals surface area (Å²) in [5.74, 6) is -0.290. The van der Waals surface area contributed by atoms with Gasteiger partial charge in [0, 0.05) is 39.9 Å². The highest BCUT2D eigenvalue weighted by atomic mass is 35.5. The van der Waals surface area contributed by atoms with Crippen molar-refractivity contribution >= 4 is 28.3 Å². The number of nitrogens with zero attached hydrogens (tertiary/aromatic N) is 2. The Labute approximate surface area is 142 Å². The molecule has 2 fully saturated rings. The van der Waals surface area contributed by atoms with E-state index < -0.39 is 10.0 Å². The molecule has 0 bridgehead atoms. The highest BCUT2D eigenvalue weighted by Gasteiger charge is 2.44. The summed E-state index contributed by atoms with van der Waals surface area (Å²) in [5.41, 5.74) is 0.434. The zero-order chi connectivity index (χ0) is 16.0. The van der Waals surface area contributed by atoms with E-state index in [1.165, 1.54) is 19.3 Å². The van der Waals surface area contributed by atoms with Gasteiger partial charge in [0.05, 0.1) is 0 Å². The van der Waals surface area contributed by atoms with E-state index in [0.29, 0.717) is 18.8 Å². The molecule has 1 amide bonds. The van der Waals surface area contributed by atoms with Gasteiger partial charge < -0.3 is 15.2 Å². The zero-order valence-corrected chi connectivity index (χ0v) is 15.0. The van der Waals surface area contributed by atoms with Crippen LogP contribution < -0.4 is 10.6 Å². The maximum atomic E-state index is 12.8. The maximum Gasteiger partial charge on any atom is 0.267 e. The van der Waals surface area contributed by atoms with Gasteiger partial charge in [-0.3, -0.25) is 4.79 Å². The van der Waals surface area contributed by atoms with E-state index in [-0.39, 0.29) is 28.6 Å². The standard InChI is InChI=1S/C14H22N4O3S.ClH/c1-15-13(19)12-7-11(8-17(12)2)22(20,21)18-6-4-14(10-18)3-5-16-9-14;/h7-8,16H,3-6,9-10H2,1-2H3,(H,15,19);1H. The van der Waals surface area contributed by atoms with Crippen LogP contribution in [0.25, 0.3) is 0 Å². The topological polar surface area (TPSA) is 83.4 Å². The van der Waals surface area contributed by atoms with Crippen LogP contribution in [-0.2, 0) is 17.1 Å². The number of aromatic nitrogens is 1. The van der Waals surface area contributed by atoms with E-state index in [0.717, 1.165) is 25.9 Å². The SMILES string of the molecule is CNC(=O)c1cc(S(=O)(=O)N2CCC3(CCNC3)C2)cn1C.Cl. The molecule has 3 heterocycles.